The topological polar surface area (TPSA) is 20.2 Å². The summed E-state index contributed by atoms with van der Waals surface area (Å²) in [6, 6.07) is 15.2. The minimum atomic E-state index is -0.668. The van der Waals surface area contributed by atoms with Gasteiger partial charge in [-0.1, -0.05) is 72.6 Å². The smallest absolute Gasteiger partial charge is 0.0870 e. The summed E-state index contributed by atoms with van der Waals surface area (Å²) in [4.78, 5) is 0. The highest BCUT2D eigenvalue weighted by Gasteiger charge is 2.21. The summed E-state index contributed by atoms with van der Waals surface area (Å²) in [6.45, 7) is 1.97. The Kier molecular flexibility index (Phi) is 4.28. The van der Waals surface area contributed by atoms with Crippen molar-refractivity contribution < 1.29 is 5.11 Å². The number of rotatable bonds is 3. The van der Waals surface area contributed by atoms with Gasteiger partial charge in [-0.3, -0.25) is 0 Å². The van der Waals surface area contributed by atoms with E-state index in [4.69, 9.17) is 23.2 Å². The van der Waals surface area contributed by atoms with Gasteiger partial charge in [0.15, 0.2) is 0 Å². The van der Waals surface area contributed by atoms with Crippen molar-refractivity contribution in [3.8, 4) is 0 Å². The second-order valence-electron chi connectivity index (χ2n) is 4.29. The lowest BCUT2D eigenvalue weighted by atomic mass is 9.91. The molecule has 0 spiro atoms. The van der Waals surface area contributed by atoms with E-state index in [-0.39, 0.29) is 5.92 Å². The molecular weight excluding hydrogens is 267 g/mol. The Morgan fingerprint density at radius 1 is 0.944 bits per heavy atom. The Balaban J connectivity index is 2.31. The van der Waals surface area contributed by atoms with Gasteiger partial charge in [-0.2, -0.15) is 0 Å². The highest BCUT2D eigenvalue weighted by atomic mass is 35.5. The molecule has 2 rings (SSSR count). The second-order valence-corrected chi connectivity index (χ2v) is 5.07. The predicted octanol–water partition coefficient (Wildman–Crippen LogP) is 4.83. The van der Waals surface area contributed by atoms with Crippen molar-refractivity contribution in [1.82, 2.24) is 0 Å². The van der Waals surface area contributed by atoms with Gasteiger partial charge in [0.1, 0.15) is 0 Å². The summed E-state index contributed by atoms with van der Waals surface area (Å²) < 4.78 is 0. The quantitative estimate of drug-likeness (QED) is 0.854. The van der Waals surface area contributed by atoms with E-state index in [0.29, 0.717) is 15.6 Å². The van der Waals surface area contributed by atoms with Crippen LogP contribution in [-0.2, 0) is 0 Å². The highest BCUT2D eigenvalue weighted by Crippen LogP contribution is 2.36. The van der Waals surface area contributed by atoms with Crippen LogP contribution in [0.2, 0.25) is 10.0 Å². The first-order chi connectivity index (χ1) is 8.61. The molecular formula is C15H14Cl2O. The fourth-order valence-corrected chi connectivity index (χ4v) is 2.38. The van der Waals surface area contributed by atoms with Crippen LogP contribution >= 0.6 is 23.2 Å². The van der Waals surface area contributed by atoms with Crippen molar-refractivity contribution in [3.63, 3.8) is 0 Å². The fraction of sp³-hybridized carbons (Fsp3) is 0.200. The van der Waals surface area contributed by atoms with Crippen LogP contribution in [0.15, 0.2) is 48.5 Å². The molecule has 3 heteroatoms. The standard InChI is InChI=1S/C15H14Cl2O/c1-10(11-6-3-2-4-7-11)15(18)12-8-5-9-13(16)14(12)17/h2-10,15,18H,1H3. The van der Waals surface area contributed by atoms with Crippen LogP contribution in [0.5, 0.6) is 0 Å². The number of aliphatic hydroxyl groups excluding tert-OH is 1. The molecule has 0 aromatic heterocycles. The predicted molar refractivity (Wildman–Crippen MR) is 76.3 cm³/mol. The number of halogens is 2. The van der Waals surface area contributed by atoms with Gasteiger partial charge in [0.2, 0.25) is 0 Å². The molecule has 0 amide bonds. The van der Waals surface area contributed by atoms with Gasteiger partial charge in [0.05, 0.1) is 16.1 Å². The summed E-state index contributed by atoms with van der Waals surface area (Å²) in [7, 11) is 0. The Hall–Kier alpha value is -1.02. The van der Waals surface area contributed by atoms with Gasteiger partial charge in [-0.15, -0.1) is 0 Å². The van der Waals surface area contributed by atoms with Gasteiger partial charge in [0.25, 0.3) is 0 Å². The Labute approximate surface area is 117 Å². The van der Waals surface area contributed by atoms with Crippen molar-refractivity contribution in [1.29, 1.82) is 0 Å². The van der Waals surface area contributed by atoms with Gasteiger partial charge in [-0.25, -0.2) is 0 Å². The molecule has 2 aromatic rings. The molecule has 0 aliphatic rings. The van der Waals surface area contributed by atoms with Crippen molar-refractivity contribution >= 4 is 23.2 Å². The molecule has 0 aliphatic carbocycles. The lowest BCUT2D eigenvalue weighted by molar-refractivity contribution is 0.152. The number of benzene rings is 2. The van der Waals surface area contributed by atoms with Crippen LogP contribution in [-0.4, -0.2) is 5.11 Å². The Morgan fingerprint density at radius 3 is 2.28 bits per heavy atom. The van der Waals surface area contributed by atoms with E-state index < -0.39 is 6.10 Å². The van der Waals surface area contributed by atoms with Gasteiger partial charge in [0, 0.05) is 11.5 Å². The highest BCUT2D eigenvalue weighted by molar-refractivity contribution is 6.42. The van der Waals surface area contributed by atoms with E-state index in [1.54, 1.807) is 18.2 Å². The van der Waals surface area contributed by atoms with Crippen molar-refractivity contribution in [2.24, 2.45) is 0 Å². The monoisotopic (exact) mass is 280 g/mol. The molecule has 2 aromatic carbocycles. The minimum Gasteiger partial charge on any atom is -0.388 e. The normalized spacial score (nSPS) is 14.2. The summed E-state index contributed by atoms with van der Waals surface area (Å²) in [5, 5.41) is 11.3. The lowest BCUT2D eigenvalue weighted by Gasteiger charge is -2.21. The second kappa shape index (κ2) is 5.75. The molecule has 18 heavy (non-hydrogen) atoms. The first-order valence-electron chi connectivity index (χ1n) is 5.78. The Bertz CT molecular complexity index is 525. The third-order valence-electron chi connectivity index (χ3n) is 3.10. The van der Waals surface area contributed by atoms with Crippen LogP contribution in [0.25, 0.3) is 0 Å². The van der Waals surface area contributed by atoms with Crippen LogP contribution < -0.4 is 0 Å². The average Bonchev–Trinajstić information content (AvgIpc) is 2.41. The van der Waals surface area contributed by atoms with Crippen molar-refractivity contribution in [2.75, 3.05) is 0 Å². The number of aliphatic hydroxyl groups is 1. The number of hydrogen-bond donors (Lipinski definition) is 1. The fourth-order valence-electron chi connectivity index (χ4n) is 1.96. The number of hydrogen-bond acceptors (Lipinski definition) is 1. The van der Waals surface area contributed by atoms with Gasteiger partial charge >= 0.3 is 0 Å². The Morgan fingerprint density at radius 2 is 1.61 bits per heavy atom. The van der Waals surface area contributed by atoms with E-state index in [1.807, 2.05) is 37.3 Å². The first-order valence-corrected chi connectivity index (χ1v) is 6.53. The molecule has 0 heterocycles. The van der Waals surface area contributed by atoms with Gasteiger partial charge < -0.3 is 5.11 Å². The zero-order chi connectivity index (χ0) is 13.1. The molecule has 94 valence electrons. The van der Waals surface area contributed by atoms with E-state index >= 15 is 0 Å². The lowest BCUT2D eigenvalue weighted by Crippen LogP contribution is -2.08. The molecule has 0 fully saturated rings. The summed E-state index contributed by atoms with van der Waals surface area (Å²) >= 11 is 12.1. The summed E-state index contributed by atoms with van der Waals surface area (Å²) in [5.74, 6) is -0.0397. The minimum absolute atomic E-state index is 0.0397. The van der Waals surface area contributed by atoms with Gasteiger partial charge in [-0.05, 0) is 11.6 Å². The zero-order valence-corrected chi connectivity index (χ0v) is 11.5. The first kappa shape index (κ1) is 13.4. The molecule has 0 aliphatic heterocycles. The maximum atomic E-state index is 10.4. The van der Waals surface area contributed by atoms with Crippen LogP contribution in [0.1, 0.15) is 30.1 Å². The molecule has 0 radical (unpaired) electrons. The molecule has 0 saturated carbocycles. The molecule has 2 unspecified atom stereocenters. The summed E-state index contributed by atoms with van der Waals surface area (Å²) in [5.41, 5.74) is 1.74. The molecule has 0 bridgehead atoms. The molecule has 0 saturated heterocycles. The maximum Gasteiger partial charge on any atom is 0.0870 e. The maximum absolute atomic E-state index is 10.4. The average molecular weight is 281 g/mol. The third-order valence-corrected chi connectivity index (χ3v) is 3.93. The summed E-state index contributed by atoms with van der Waals surface area (Å²) in [6.07, 6.45) is -0.668. The van der Waals surface area contributed by atoms with Crippen molar-refractivity contribution in [2.45, 2.75) is 18.9 Å². The van der Waals surface area contributed by atoms with Crippen LogP contribution in [0, 0.1) is 0 Å². The molecule has 1 nitrogen and oxygen atoms in total. The van der Waals surface area contributed by atoms with Crippen LogP contribution in [0.3, 0.4) is 0 Å². The molecule has 2 atom stereocenters. The van der Waals surface area contributed by atoms with E-state index in [9.17, 15) is 5.11 Å². The van der Waals surface area contributed by atoms with E-state index in [1.165, 1.54) is 0 Å². The molecule has 1 N–H and O–H groups in total. The van der Waals surface area contributed by atoms with Crippen molar-refractivity contribution in [3.05, 3.63) is 69.7 Å². The van der Waals surface area contributed by atoms with E-state index in [0.717, 1.165) is 5.56 Å². The largest absolute Gasteiger partial charge is 0.388 e. The third kappa shape index (κ3) is 2.69. The zero-order valence-electron chi connectivity index (χ0n) is 9.98. The van der Waals surface area contributed by atoms with Crippen LogP contribution in [0.4, 0.5) is 0 Å². The van der Waals surface area contributed by atoms with E-state index in [2.05, 4.69) is 0 Å². The SMILES string of the molecule is CC(c1ccccc1)C(O)c1cccc(Cl)c1Cl.